The van der Waals surface area contributed by atoms with Gasteiger partial charge in [0.25, 0.3) is 0 Å². The molecule has 0 aromatic carbocycles. The van der Waals surface area contributed by atoms with E-state index in [9.17, 15) is 0 Å². The highest BCUT2D eigenvalue weighted by atomic mass is 14.5. The molecule has 0 heteroatoms. The summed E-state index contributed by atoms with van der Waals surface area (Å²) in [5.74, 6) is 0. The zero-order valence-corrected chi connectivity index (χ0v) is 24.8. The van der Waals surface area contributed by atoms with Crippen LogP contribution in [0.15, 0.2) is 132 Å². The topological polar surface area (TPSA) is 0 Å². The average Bonchev–Trinajstić information content (AvgIpc) is 3.17. The maximum atomic E-state index is 4.16. The first-order chi connectivity index (χ1) is 17.0. The first-order valence-electron chi connectivity index (χ1n) is 13.2. The quantitative estimate of drug-likeness (QED) is 0.242. The third-order valence-corrected chi connectivity index (χ3v) is 5.15. The van der Waals surface area contributed by atoms with Crippen LogP contribution in [0.2, 0.25) is 0 Å². The fourth-order valence-electron chi connectivity index (χ4n) is 4.27. The van der Waals surface area contributed by atoms with Gasteiger partial charge in [-0.05, 0) is 81.4 Å². The zero-order valence-electron chi connectivity index (χ0n) is 24.8. The van der Waals surface area contributed by atoms with E-state index in [1.807, 2.05) is 52.8 Å². The summed E-state index contributed by atoms with van der Waals surface area (Å²) < 4.78 is 0. The highest BCUT2D eigenvalue weighted by Gasteiger charge is 2.48. The van der Waals surface area contributed by atoms with E-state index >= 15 is 0 Å². The highest BCUT2D eigenvalue weighted by Crippen LogP contribution is 2.60. The molecule has 1 aliphatic carbocycles. The number of rotatable bonds is 8. The molecular weight excluding hydrogens is 420 g/mol. The van der Waals surface area contributed by atoms with Crippen LogP contribution < -0.4 is 0 Å². The van der Waals surface area contributed by atoms with Crippen molar-refractivity contribution >= 4 is 0 Å². The van der Waals surface area contributed by atoms with Crippen molar-refractivity contribution in [3.63, 3.8) is 0 Å². The summed E-state index contributed by atoms with van der Waals surface area (Å²) in [6.45, 7) is 34.0. The van der Waals surface area contributed by atoms with Crippen LogP contribution in [0.4, 0.5) is 0 Å². The second-order valence-corrected chi connectivity index (χ2v) is 7.00. The van der Waals surface area contributed by atoms with Gasteiger partial charge in [-0.15, -0.1) is 6.58 Å². The molecule has 0 aromatic heterocycles. The summed E-state index contributed by atoms with van der Waals surface area (Å²) in [6, 6.07) is 0. The Morgan fingerprint density at radius 3 is 1.71 bits per heavy atom. The largest absolute Gasteiger partial charge is 0.103 e. The van der Waals surface area contributed by atoms with Gasteiger partial charge in [0.1, 0.15) is 0 Å². The minimum Gasteiger partial charge on any atom is -0.103 e. The summed E-state index contributed by atoms with van der Waals surface area (Å²) in [5.41, 5.74) is 7.18. The van der Waals surface area contributed by atoms with Crippen molar-refractivity contribution < 1.29 is 0 Å². The van der Waals surface area contributed by atoms with Crippen molar-refractivity contribution in [2.24, 2.45) is 5.41 Å². The van der Waals surface area contributed by atoms with Gasteiger partial charge in [-0.25, -0.2) is 0 Å². The molecule has 0 radical (unpaired) electrons. The third kappa shape index (κ3) is 9.02. The lowest BCUT2D eigenvalue weighted by Gasteiger charge is -2.37. The summed E-state index contributed by atoms with van der Waals surface area (Å²) in [7, 11) is 0. The molecule has 0 nitrogen and oxygen atoms in total. The van der Waals surface area contributed by atoms with Gasteiger partial charge in [0, 0.05) is 0 Å². The minimum absolute atomic E-state index is 0.372. The molecule has 0 aliphatic heterocycles. The molecule has 1 aliphatic rings. The van der Waals surface area contributed by atoms with E-state index in [1.165, 1.54) is 33.4 Å². The molecule has 0 bridgehead atoms. The van der Waals surface area contributed by atoms with E-state index in [0.29, 0.717) is 0 Å². The second kappa shape index (κ2) is 22.9. The average molecular weight is 475 g/mol. The van der Waals surface area contributed by atoms with E-state index < -0.39 is 0 Å². The lowest BCUT2D eigenvalue weighted by Crippen LogP contribution is -2.27. The minimum atomic E-state index is -0.372. The fraction of sp³-hybridized carbons (Fsp3) is 0.371. The molecule has 0 spiro atoms. The Bertz CT molecular complexity index is 869. The molecule has 194 valence electrons. The molecule has 0 N–H and O–H groups in total. The number of allylic oxidation sites excluding steroid dienone is 19. The van der Waals surface area contributed by atoms with Crippen LogP contribution in [0.25, 0.3) is 0 Å². The molecule has 1 atom stereocenters. The summed E-state index contributed by atoms with van der Waals surface area (Å²) in [5, 5.41) is 0. The molecule has 0 saturated carbocycles. The second-order valence-electron chi connectivity index (χ2n) is 7.00. The molecule has 1 rings (SSSR count). The monoisotopic (exact) mass is 474 g/mol. The van der Waals surface area contributed by atoms with Gasteiger partial charge < -0.3 is 0 Å². The van der Waals surface area contributed by atoms with Crippen molar-refractivity contribution in [1.82, 2.24) is 0 Å². The van der Waals surface area contributed by atoms with E-state index in [-0.39, 0.29) is 5.41 Å². The summed E-state index contributed by atoms with van der Waals surface area (Å²) in [4.78, 5) is 0. The lowest BCUT2D eigenvalue weighted by molar-refractivity contribution is 0.675. The standard InChI is InChI=1S/C28H36.C3H6.2C2H6/c1-9-17-21-23(19-11-3)28(22(13-5)18-10-2)26(16-8)24(14-6)25(15-7)27(28)20-12-4;1-3-2;2*1-2/h9-10,12-21H,1,7,11H2,2-6,8H3;3H,1H2,2H3;2*1-2H3/b18-10-,20-12-,21-17-,22-13+,23-19+,24-14-,26-16+;;;. The first-order valence-corrected chi connectivity index (χ1v) is 13.2. The Kier molecular flexibility index (Phi) is 24.0. The van der Waals surface area contributed by atoms with E-state index in [2.05, 4.69) is 116 Å². The maximum absolute atomic E-state index is 4.16. The molecule has 0 aromatic rings. The normalized spacial score (nSPS) is 20.4. The number of hydrogen-bond acceptors (Lipinski definition) is 0. The van der Waals surface area contributed by atoms with Crippen molar-refractivity contribution in [1.29, 1.82) is 0 Å². The summed E-state index contributed by atoms with van der Waals surface area (Å²) in [6.07, 6.45) is 28.6. The summed E-state index contributed by atoms with van der Waals surface area (Å²) >= 11 is 0. The van der Waals surface area contributed by atoms with Gasteiger partial charge in [0.15, 0.2) is 0 Å². The fourth-order valence-corrected chi connectivity index (χ4v) is 4.27. The van der Waals surface area contributed by atoms with Gasteiger partial charge >= 0.3 is 0 Å². The predicted octanol–water partition coefficient (Wildman–Crippen LogP) is 11.8. The van der Waals surface area contributed by atoms with E-state index in [0.717, 1.165) is 6.42 Å². The van der Waals surface area contributed by atoms with Gasteiger partial charge in [-0.3, -0.25) is 0 Å². The Labute approximate surface area is 220 Å². The highest BCUT2D eigenvalue weighted by molar-refractivity contribution is 5.77. The Morgan fingerprint density at radius 2 is 1.37 bits per heavy atom. The van der Waals surface area contributed by atoms with Crippen LogP contribution >= 0.6 is 0 Å². The van der Waals surface area contributed by atoms with Crippen LogP contribution in [0.1, 0.15) is 82.6 Å². The van der Waals surface area contributed by atoms with Crippen LogP contribution in [0.5, 0.6) is 0 Å². The van der Waals surface area contributed by atoms with Crippen LogP contribution in [-0.2, 0) is 0 Å². The van der Waals surface area contributed by atoms with Gasteiger partial charge in [0.2, 0.25) is 0 Å². The Balaban J connectivity index is -0.00000132. The molecule has 1 unspecified atom stereocenters. The smallest absolute Gasteiger partial charge is 0.0703 e. The Morgan fingerprint density at radius 1 is 0.800 bits per heavy atom. The van der Waals surface area contributed by atoms with Crippen molar-refractivity contribution in [3.8, 4) is 0 Å². The molecule has 0 fully saturated rings. The SMILES string of the molecule is C=C/C=C\C(=C/CC)C1(C(/C=C\C)=C/C)C(/C=C\C)=C(C=C)C(=C/C)/C1=C\C.C=CC.CC.CC. The Hall–Kier alpha value is -2.86. The van der Waals surface area contributed by atoms with Gasteiger partial charge in [0.05, 0.1) is 5.41 Å². The van der Waals surface area contributed by atoms with Gasteiger partial charge in [-0.1, -0.05) is 127 Å². The zero-order chi connectivity index (χ0) is 27.9. The molecule has 0 amide bonds. The predicted molar refractivity (Wildman–Crippen MR) is 167 cm³/mol. The van der Waals surface area contributed by atoms with Crippen LogP contribution in [0.3, 0.4) is 0 Å². The number of hydrogen-bond donors (Lipinski definition) is 0. The molecular formula is C35H54. The molecule has 0 heterocycles. The van der Waals surface area contributed by atoms with Gasteiger partial charge in [-0.2, -0.15) is 0 Å². The first kappa shape index (κ1) is 36.7. The van der Waals surface area contributed by atoms with Crippen LogP contribution in [0, 0.1) is 5.41 Å². The molecule has 0 saturated heterocycles. The van der Waals surface area contributed by atoms with Crippen LogP contribution in [-0.4, -0.2) is 0 Å². The lowest BCUT2D eigenvalue weighted by atomic mass is 9.64. The maximum Gasteiger partial charge on any atom is 0.0703 e. The molecule has 35 heavy (non-hydrogen) atoms. The van der Waals surface area contributed by atoms with Crippen molar-refractivity contribution in [3.05, 3.63) is 132 Å². The van der Waals surface area contributed by atoms with E-state index in [4.69, 9.17) is 0 Å². The third-order valence-electron chi connectivity index (χ3n) is 5.15. The van der Waals surface area contributed by atoms with E-state index in [1.54, 1.807) is 6.08 Å². The van der Waals surface area contributed by atoms with Crippen molar-refractivity contribution in [2.75, 3.05) is 0 Å². The van der Waals surface area contributed by atoms with Crippen molar-refractivity contribution in [2.45, 2.75) is 82.6 Å².